The van der Waals surface area contributed by atoms with E-state index in [1.807, 2.05) is 24.8 Å². The van der Waals surface area contributed by atoms with Gasteiger partial charge in [0, 0.05) is 43.9 Å². The van der Waals surface area contributed by atoms with E-state index in [4.69, 9.17) is 0 Å². The van der Waals surface area contributed by atoms with Crippen LogP contribution in [-0.2, 0) is 14.8 Å². The fourth-order valence-electron chi connectivity index (χ4n) is 4.03. The van der Waals surface area contributed by atoms with E-state index >= 15 is 0 Å². The largest absolute Gasteiger partial charge is 0.353 e. The van der Waals surface area contributed by atoms with Crippen LogP contribution in [0, 0.1) is 12.8 Å². The van der Waals surface area contributed by atoms with E-state index in [0.29, 0.717) is 31.3 Å². The lowest BCUT2D eigenvalue weighted by molar-refractivity contribution is -0.117. The van der Waals surface area contributed by atoms with Crippen molar-refractivity contribution >= 4 is 27.6 Å². The van der Waals surface area contributed by atoms with Gasteiger partial charge in [0.1, 0.15) is 11.6 Å². The molecule has 1 saturated carbocycles. The van der Waals surface area contributed by atoms with Gasteiger partial charge in [-0.25, -0.2) is 13.4 Å². The fourth-order valence-corrected chi connectivity index (χ4v) is 5.20. The number of carbonyl (C=O) groups is 1. The third-order valence-corrected chi connectivity index (χ3v) is 7.95. The number of anilines is 2. The summed E-state index contributed by atoms with van der Waals surface area (Å²) in [6, 6.07) is 5.13. The zero-order chi connectivity index (χ0) is 23.0. The molecule has 0 unspecified atom stereocenters. The van der Waals surface area contributed by atoms with E-state index in [1.165, 1.54) is 10.4 Å². The fraction of sp³-hybridized carbons (Fsp3) is 0.500. The van der Waals surface area contributed by atoms with Crippen LogP contribution in [0.1, 0.15) is 32.3 Å². The van der Waals surface area contributed by atoms with Gasteiger partial charge >= 0.3 is 0 Å². The molecule has 4 rings (SSSR count). The van der Waals surface area contributed by atoms with Crippen molar-refractivity contribution in [2.45, 2.75) is 39.7 Å². The van der Waals surface area contributed by atoms with E-state index in [2.05, 4.69) is 15.3 Å². The molecule has 172 valence electrons. The molecule has 2 aliphatic rings. The smallest absolute Gasteiger partial charge is 0.250 e. The van der Waals surface area contributed by atoms with Gasteiger partial charge in [-0.3, -0.25) is 9.59 Å². The molecule has 1 atom stereocenters. The topological polar surface area (TPSA) is 115 Å². The van der Waals surface area contributed by atoms with Crippen LogP contribution >= 0.6 is 0 Å². The molecule has 1 aliphatic carbocycles. The van der Waals surface area contributed by atoms with Crippen molar-refractivity contribution < 1.29 is 13.2 Å². The van der Waals surface area contributed by atoms with E-state index in [0.717, 1.165) is 29.5 Å². The van der Waals surface area contributed by atoms with Crippen LogP contribution in [0.4, 0.5) is 11.6 Å². The van der Waals surface area contributed by atoms with Gasteiger partial charge in [0.15, 0.2) is 0 Å². The summed E-state index contributed by atoms with van der Waals surface area (Å²) in [4.78, 5) is 33.8. The Morgan fingerprint density at radius 1 is 1.25 bits per heavy atom. The molecule has 0 bridgehead atoms. The Labute approximate surface area is 187 Å². The molecule has 0 aromatic carbocycles. The predicted molar refractivity (Wildman–Crippen MR) is 124 cm³/mol. The summed E-state index contributed by atoms with van der Waals surface area (Å²) >= 11 is 0. The summed E-state index contributed by atoms with van der Waals surface area (Å²) in [7, 11) is -3.25. The second-order valence-corrected chi connectivity index (χ2v) is 10.8. The molecule has 2 aromatic heterocycles. The maximum Gasteiger partial charge on any atom is 0.250 e. The van der Waals surface area contributed by atoms with Crippen LogP contribution in [-0.4, -0.2) is 60.0 Å². The van der Waals surface area contributed by atoms with Crippen LogP contribution in [0.15, 0.2) is 29.2 Å². The summed E-state index contributed by atoms with van der Waals surface area (Å²) in [5.41, 5.74) is 2.19. The van der Waals surface area contributed by atoms with Crippen molar-refractivity contribution in [1.29, 1.82) is 0 Å². The Kier molecular flexibility index (Phi) is 6.09. The summed E-state index contributed by atoms with van der Waals surface area (Å²) in [5, 5.41) is 2.86. The molecule has 10 heteroatoms. The summed E-state index contributed by atoms with van der Waals surface area (Å²) < 4.78 is 26.0. The quantitative estimate of drug-likeness (QED) is 0.682. The van der Waals surface area contributed by atoms with Gasteiger partial charge in [-0.1, -0.05) is 0 Å². The third-order valence-electron chi connectivity index (χ3n) is 6.10. The number of nitrogens with one attached hydrogen (secondary N) is 2. The molecular formula is C22H29N5O4S. The number of H-pyrrole nitrogens is 1. The number of aryl methyl sites for hydroxylation is 1. The molecular weight excluding hydrogens is 430 g/mol. The second-order valence-electron chi connectivity index (χ2n) is 8.57. The van der Waals surface area contributed by atoms with E-state index < -0.39 is 10.0 Å². The van der Waals surface area contributed by atoms with Crippen molar-refractivity contribution in [2.24, 2.45) is 5.92 Å². The molecule has 1 amide bonds. The summed E-state index contributed by atoms with van der Waals surface area (Å²) in [6.45, 7) is 6.73. The lowest BCUT2D eigenvalue weighted by Gasteiger charge is -2.40. The Bertz CT molecular complexity index is 1190. The zero-order valence-corrected chi connectivity index (χ0v) is 19.4. The number of aromatic amines is 1. The van der Waals surface area contributed by atoms with E-state index in [1.54, 1.807) is 19.2 Å². The van der Waals surface area contributed by atoms with E-state index in [-0.39, 0.29) is 29.2 Å². The SMILES string of the molecule is CCS(=O)(=O)N1CCN(c2cc(-c3cc(NC(=O)C4CC4)ncc3C)cc(=O)[nH]2)[C@@H](C)C1. The summed E-state index contributed by atoms with van der Waals surface area (Å²) in [5.74, 6) is 1.24. The Morgan fingerprint density at radius 3 is 2.66 bits per heavy atom. The number of sulfonamides is 1. The lowest BCUT2D eigenvalue weighted by Crippen LogP contribution is -2.54. The van der Waals surface area contributed by atoms with Gasteiger partial charge in [-0.15, -0.1) is 0 Å². The first-order valence-corrected chi connectivity index (χ1v) is 12.6. The highest BCUT2D eigenvalue weighted by Gasteiger charge is 2.31. The monoisotopic (exact) mass is 459 g/mol. The van der Waals surface area contributed by atoms with Crippen molar-refractivity contribution in [3.63, 3.8) is 0 Å². The van der Waals surface area contributed by atoms with E-state index in [9.17, 15) is 18.0 Å². The van der Waals surface area contributed by atoms with Crippen LogP contribution in [0.5, 0.6) is 0 Å². The molecule has 2 fully saturated rings. The van der Waals surface area contributed by atoms with Crippen molar-refractivity contribution in [3.8, 4) is 11.1 Å². The molecule has 2 N–H and O–H groups in total. The number of rotatable bonds is 6. The molecule has 2 aromatic rings. The van der Waals surface area contributed by atoms with Crippen LogP contribution in [0.25, 0.3) is 11.1 Å². The number of piperazine rings is 1. The molecule has 3 heterocycles. The maximum absolute atomic E-state index is 12.5. The van der Waals surface area contributed by atoms with Crippen molar-refractivity contribution in [2.75, 3.05) is 35.6 Å². The lowest BCUT2D eigenvalue weighted by atomic mass is 10.0. The number of pyridine rings is 2. The second kappa shape index (κ2) is 8.67. The zero-order valence-electron chi connectivity index (χ0n) is 18.6. The minimum atomic E-state index is -3.25. The minimum absolute atomic E-state index is 0.0207. The van der Waals surface area contributed by atoms with Gasteiger partial charge in [-0.05, 0) is 62.4 Å². The number of amides is 1. The Morgan fingerprint density at radius 2 is 2.00 bits per heavy atom. The summed E-state index contributed by atoms with van der Waals surface area (Å²) in [6.07, 6.45) is 3.51. The number of aromatic nitrogens is 2. The van der Waals surface area contributed by atoms with Gasteiger partial charge in [0.25, 0.3) is 0 Å². The highest BCUT2D eigenvalue weighted by Crippen LogP contribution is 2.31. The first kappa shape index (κ1) is 22.5. The minimum Gasteiger partial charge on any atom is -0.353 e. The highest BCUT2D eigenvalue weighted by atomic mass is 32.2. The first-order chi connectivity index (χ1) is 15.2. The number of hydrogen-bond donors (Lipinski definition) is 2. The van der Waals surface area contributed by atoms with Gasteiger partial charge in [0.05, 0.1) is 5.75 Å². The average molecular weight is 460 g/mol. The van der Waals surface area contributed by atoms with Gasteiger partial charge < -0.3 is 15.2 Å². The number of hydrogen-bond acceptors (Lipinski definition) is 6. The van der Waals surface area contributed by atoms with Crippen LogP contribution in [0.2, 0.25) is 0 Å². The van der Waals surface area contributed by atoms with Crippen LogP contribution < -0.4 is 15.8 Å². The average Bonchev–Trinajstić information content (AvgIpc) is 3.60. The molecule has 1 aliphatic heterocycles. The Balaban J connectivity index is 1.61. The van der Waals surface area contributed by atoms with Crippen molar-refractivity contribution in [3.05, 3.63) is 40.3 Å². The first-order valence-electron chi connectivity index (χ1n) is 10.9. The van der Waals surface area contributed by atoms with Crippen LogP contribution in [0.3, 0.4) is 0 Å². The third kappa shape index (κ3) is 4.71. The number of carbonyl (C=O) groups excluding carboxylic acids is 1. The molecule has 9 nitrogen and oxygen atoms in total. The highest BCUT2D eigenvalue weighted by molar-refractivity contribution is 7.89. The molecule has 0 radical (unpaired) electrons. The standard InChI is InChI=1S/C22H29N5O4S/c1-4-32(30,31)26-7-8-27(15(3)13-26)20-9-17(10-21(28)25-20)18-11-19(23-12-14(18)2)24-22(29)16-5-6-16/h9-12,15-16H,4-8,13H2,1-3H3,(H,25,28)(H,23,24,29)/t15-/m0/s1. The predicted octanol–water partition coefficient (Wildman–Crippen LogP) is 1.95. The molecule has 1 saturated heterocycles. The van der Waals surface area contributed by atoms with Gasteiger partial charge in [0.2, 0.25) is 21.5 Å². The van der Waals surface area contributed by atoms with Gasteiger partial charge in [-0.2, -0.15) is 4.31 Å². The maximum atomic E-state index is 12.5. The normalized spacial score (nSPS) is 19.7. The Hall–Kier alpha value is -2.72. The molecule has 0 spiro atoms. The molecule has 32 heavy (non-hydrogen) atoms. The van der Waals surface area contributed by atoms with Crippen molar-refractivity contribution in [1.82, 2.24) is 14.3 Å². The number of nitrogens with zero attached hydrogens (tertiary/aromatic N) is 3.